The summed E-state index contributed by atoms with van der Waals surface area (Å²) in [5.41, 5.74) is 33.0. The maximum Gasteiger partial charge on any atom is 0.0991 e. The Hall–Kier alpha value is -12.2. The number of nitriles is 1. The molecule has 0 radical (unpaired) electrons. The summed E-state index contributed by atoms with van der Waals surface area (Å²) in [4.78, 5) is 10.3. The quantitative estimate of drug-likeness (QED) is 0.0668. The third kappa shape index (κ3) is 12.5. The van der Waals surface area contributed by atoms with E-state index in [0.29, 0.717) is 17.2 Å². The predicted molar refractivity (Wildman–Crippen MR) is 447 cm³/mol. The number of nitrogens with two attached hydrogens (primary N) is 1. The van der Waals surface area contributed by atoms with Gasteiger partial charge >= 0.3 is 0 Å². The molecule has 13 aromatic rings. The third-order valence-electron chi connectivity index (χ3n) is 21.1. The number of hydrogen-bond donors (Lipinski definition) is 1. The number of hydrogen-bond acceptors (Lipinski definition) is 5. The number of anilines is 3. The summed E-state index contributed by atoms with van der Waals surface area (Å²) in [6, 6.07) is 98.0. The molecule has 4 unspecified atom stereocenters. The topological polar surface area (TPSA) is 78.5 Å². The van der Waals surface area contributed by atoms with Gasteiger partial charge in [0, 0.05) is 84.6 Å². The van der Waals surface area contributed by atoms with Crippen LogP contribution in [-0.4, -0.2) is 24.9 Å². The van der Waals surface area contributed by atoms with Crippen LogP contribution in [0.15, 0.2) is 367 Å². The Morgan fingerprint density at radius 2 is 1.19 bits per heavy atom. The largest absolute Gasteiger partial charge is 0.398 e. The van der Waals surface area contributed by atoms with Crippen molar-refractivity contribution < 1.29 is 0 Å². The Kier molecular flexibility index (Phi) is 17.8. The molecule has 0 fully saturated rings. The van der Waals surface area contributed by atoms with Crippen LogP contribution in [0.3, 0.4) is 0 Å². The van der Waals surface area contributed by atoms with Gasteiger partial charge in [-0.3, -0.25) is 4.99 Å². The van der Waals surface area contributed by atoms with Crippen LogP contribution < -0.4 is 15.5 Å². The van der Waals surface area contributed by atoms with Crippen LogP contribution >= 0.6 is 20.7 Å². The molecule has 0 amide bonds. The molecule has 2 N–H and O–H groups in total. The maximum atomic E-state index is 9.66. The van der Waals surface area contributed by atoms with Crippen molar-refractivity contribution in [1.29, 1.82) is 5.26 Å². The van der Waals surface area contributed by atoms with E-state index < -0.39 is 0 Å². The van der Waals surface area contributed by atoms with Crippen molar-refractivity contribution >= 4 is 102 Å². The van der Waals surface area contributed by atoms with Crippen LogP contribution in [0.25, 0.3) is 88.5 Å². The number of rotatable bonds is 14. The van der Waals surface area contributed by atoms with Crippen LogP contribution in [0, 0.1) is 23.2 Å². The van der Waals surface area contributed by atoms with Crippen molar-refractivity contribution in [3.8, 4) is 39.7 Å². The van der Waals surface area contributed by atoms with Crippen LogP contribution in [0.2, 0.25) is 0 Å². The summed E-state index contributed by atoms with van der Waals surface area (Å²) in [7, 11) is 0. The number of halogens is 1. The zero-order chi connectivity index (χ0) is 70.2. The van der Waals surface area contributed by atoms with Gasteiger partial charge in [-0.1, -0.05) is 246 Å². The molecule has 0 spiro atoms. The molecule has 5 atom stereocenters. The molecule has 2 aliphatic carbocycles. The molecule has 11 aromatic carbocycles. The van der Waals surface area contributed by atoms with Gasteiger partial charge in [0.25, 0.3) is 0 Å². The van der Waals surface area contributed by atoms with Gasteiger partial charge in [-0.25, -0.2) is 0 Å². The first kappa shape index (κ1) is 65.2. The van der Waals surface area contributed by atoms with Gasteiger partial charge in [0.2, 0.25) is 0 Å². The monoisotopic (exact) mass is 1450 g/mol. The lowest BCUT2D eigenvalue weighted by atomic mass is 9.81. The standard InChI is InChI=1S/C96H76IN7/c1-64-20-19-55-97-62-65(2)101(90(64)36-16-21-67-39-52-94-85(56-67)82-30-10-13-33-91(82)102(94)78-24-6-4-7-25-78)80-28-17-22-74(57-80)71-44-48-73(49-45-71)89(100-66(3)69-40-37-68(63-98)38-41-69)61-88(99)72-46-42-70(43-47-72)75-23-18-29-81(58-75)104-93-35-15-12-32-84(93)87-60-77(51-54-96(87)104)76-50-53-95-86(59-76)83-31-11-14-34-92(83)103(95)79-26-8-5-9-27-79/h4-19,21-48,50-55,57-62,66-67,73,85,94H,1-2,20,49,56,99H2,3H3/b21-16+,55-19-,88-61-,90-36+,100-89?/t66?,67?,73-,85?,94?/m0/s1. The molecule has 7 nitrogen and oxygen atoms in total. The molecule has 104 heavy (non-hydrogen) atoms. The summed E-state index contributed by atoms with van der Waals surface area (Å²) in [6.07, 6.45) is 25.4. The zero-order valence-corrected chi connectivity index (χ0v) is 60.0. The maximum absolute atomic E-state index is 9.66. The van der Waals surface area contributed by atoms with Gasteiger partial charge in [0.1, 0.15) is 0 Å². The number of benzene rings is 11. The van der Waals surface area contributed by atoms with Crippen molar-refractivity contribution in [3.63, 3.8) is 0 Å². The summed E-state index contributed by atoms with van der Waals surface area (Å²) < 4.78 is 9.39. The second-order valence-electron chi connectivity index (χ2n) is 27.4. The Morgan fingerprint density at radius 1 is 0.587 bits per heavy atom. The van der Waals surface area contributed by atoms with Crippen molar-refractivity contribution in [3.05, 3.63) is 390 Å². The molecule has 17 rings (SSSR count). The zero-order valence-electron chi connectivity index (χ0n) is 57.9. The molecule has 2 aromatic heterocycles. The highest BCUT2D eigenvalue weighted by Gasteiger charge is 2.40. The highest BCUT2D eigenvalue weighted by atomic mass is 127. The molecular formula is C96H76IN7. The van der Waals surface area contributed by atoms with Gasteiger partial charge < -0.3 is 24.7 Å². The van der Waals surface area contributed by atoms with E-state index in [0.717, 1.165) is 103 Å². The van der Waals surface area contributed by atoms with Crippen molar-refractivity contribution in [2.24, 2.45) is 22.6 Å². The van der Waals surface area contributed by atoms with Gasteiger partial charge in [0.05, 0.1) is 45.8 Å². The second-order valence-corrected chi connectivity index (χ2v) is 29.5. The average molecular weight is 1450 g/mol. The Morgan fingerprint density at radius 3 is 1.89 bits per heavy atom. The molecule has 8 heteroatoms. The van der Waals surface area contributed by atoms with Crippen molar-refractivity contribution in [1.82, 2.24) is 9.13 Å². The fourth-order valence-electron chi connectivity index (χ4n) is 15.9. The van der Waals surface area contributed by atoms with E-state index in [4.69, 9.17) is 23.9 Å². The molecule has 2 aliphatic heterocycles. The van der Waals surface area contributed by atoms with E-state index in [2.05, 4.69) is 343 Å². The Bertz CT molecular complexity index is 5880. The average Bonchev–Trinajstić information content (AvgIpc) is 1.56. The highest BCUT2D eigenvalue weighted by Crippen LogP contribution is 2.51. The first-order valence-electron chi connectivity index (χ1n) is 35.8. The predicted octanol–water partition coefficient (Wildman–Crippen LogP) is 24.1. The second kappa shape index (κ2) is 28.3. The molecule has 4 aliphatic rings. The minimum absolute atomic E-state index is 0.0516. The SMILES string of the molecule is C=C1C/C=C\I=CC(=C)N(c2cccc(C3=CC[C@@H](C(/C=C(\N)c4ccc(-c5cccc(-n6c7ccccc7c7cc(-c8ccc9c(c8)c8ccccc8n9-c8ccccc8)ccc76)c5)cc4)=NC(C)c4ccc(C#N)cc4)C=C3)c2)/C1=C/C=C/C1C=CC2C(C1)c1ccccc1N2c1ccccc1. The Labute approximate surface area is 618 Å². The number of para-hydroxylation sites is 5. The molecule has 502 valence electrons. The van der Waals surface area contributed by atoms with Gasteiger partial charge in [-0.05, 0) is 211 Å². The molecular weight excluding hydrogens is 1380 g/mol. The molecule has 0 saturated carbocycles. The van der Waals surface area contributed by atoms with E-state index in [9.17, 15) is 5.26 Å². The fraction of sp³-hybridized carbons (Fsp3) is 0.0938. The fourth-order valence-corrected chi connectivity index (χ4v) is 17.4. The van der Waals surface area contributed by atoms with E-state index in [1.807, 2.05) is 24.3 Å². The van der Waals surface area contributed by atoms with Crippen LogP contribution in [0.4, 0.5) is 17.1 Å². The third-order valence-corrected chi connectivity index (χ3v) is 23.1. The molecule has 0 saturated heterocycles. The number of allylic oxidation sites excluding steroid dienone is 12. The van der Waals surface area contributed by atoms with Crippen molar-refractivity contribution in [2.75, 3.05) is 9.80 Å². The number of aromatic nitrogens is 2. The van der Waals surface area contributed by atoms with Crippen molar-refractivity contribution in [2.45, 2.75) is 44.2 Å². The van der Waals surface area contributed by atoms with Gasteiger partial charge in [-0.2, -0.15) is 5.26 Å². The minimum atomic E-state index is -0.349. The van der Waals surface area contributed by atoms with Gasteiger partial charge in [-0.15, -0.1) is 0 Å². The minimum Gasteiger partial charge on any atom is -0.398 e. The van der Waals surface area contributed by atoms with E-state index in [-0.39, 0.29) is 44.7 Å². The number of nitrogens with zero attached hydrogens (tertiary/aromatic N) is 6. The smallest absolute Gasteiger partial charge is 0.0991 e. The van der Waals surface area contributed by atoms with Crippen LogP contribution in [-0.2, 0) is 0 Å². The van der Waals surface area contributed by atoms with E-state index in [1.54, 1.807) is 0 Å². The summed E-state index contributed by atoms with van der Waals surface area (Å²) in [6.45, 7) is 11.5. The lowest BCUT2D eigenvalue weighted by molar-refractivity contribution is 0.517. The van der Waals surface area contributed by atoms with Crippen LogP contribution in [0.5, 0.6) is 0 Å². The summed E-state index contributed by atoms with van der Waals surface area (Å²) in [5, 5.41) is 14.5. The van der Waals surface area contributed by atoms with Crippen LogP contribution in [0.1, 0.15) is 66.0 Å². The first-order chi connectivity index (χ1) is 51.2. The first-order valence-corrected chi connectivity index (χ1v) is 38.3. The summed E-state index contributed by atoms with van der Waals surface area (Å²) in [5.74, 6) is 0.616. The number of aliphatic imine (C=N–C) groups is 1. The summed E-state index contributed by atoms with van der Waals surface area (Å²) >= 11 is -0.349. The highest BCUT2D eigenvalue weighted by molar-refractivity contribution is 14.2. The lowest BCUT2D eigenvalue weighted by Crippen LogP contribution is -2.31. The van der Waals surface area contributed by atoms with E-state index in [1.165, 1.54) is 60.6 Å². The Balaban J connectivity index is 0.630. The molecule has 0 bridgehead atoms. The normalized spacial score (nSPS) is 18.7. The van der Waals surface area contributed by atoms with E-state index >= 15 is 0 Å². The number of fused-ring (bicyclic) bond motifs is 9. The van der Waals surface area contributed by atoms with Gasteiger partial charge in [0.15, 0.2) is 0 Å². The lowest BCUT2D eigenvalue weighted by Gasteiger charge is -2.32. The molecule has 4 heterocycles.